The summed E-state index contributed by atoms with van der Waals surface area (Å²) in [6.07, 6.45) is 5.99. The van der Waals surface area contributed by atoms with E-state index in [-0.39, 0.29) is 0 Å². The Bertz CT molecular complexity index is 122. The Morgan fingerprint density at radius 3 is 1.80 bits per heavy atom. The van der Waals surface area contributed by atoms with Crippen LogP contribution in [0.15, 0.2) is 0 Å². The molecule has 0 unspecified atom stereocenters. The molecule has 0 aliphatic heterocycles. The van der Waals surface area contributed by atoms with Crippen LogP contribution in [0.3, 0.4) is 0 Å². The summed E-state index contributed by atoms with van der Waals surface area (Å²) in [5, 5.41) is 1.23. The van der Waals surface area contributed by atoms with Crippen molar-refractivity contribution in [2.24, 2.45) is 17.3 Å². The summed E-state index contributed by atoms with van der Waals surface area (Å²) in [5.41, 5.74) is 0.681. The SMILES string of the molecule is CC(CBr)(C1CC1)C1CC1. The van der Waals surface area contributed by atoms with Gasteiger partial charge >= 0.3 is 0 Å². The maximum absolute atomic E-state index is 3.65. The molecule has 0 aromatic carbocycles. The Balaban J connectivity index is 2.03. The molecule has 0 radical (unpaired) electrons. The fourth-order valence-corrected chi connectivity index (χ4v) is 2.95. The summed E-state index contributed by atoms with van der Waals surface area (Å²) < 4.78 is 0. The van der Waals surface area contributed by atoms with Gasteiger partial charge in [0.15, 0.2) is 0 Å². The van der Waals surface area contributed by atoms with Gasteiger partial charge < -0.3 is 0 Å². The van der Waals surface area contributed by atoms with Crippen molar-refractivity contribution in [3.63, 3.8) is 0 Å². The van der Waals surface area contributed by atoms with Gasteiger partial charge in [-0.1, -0.05) is 22.9 Å². The third-order valence-corrected chi connectivity index (χ3v) is 4.52. The van der Waals surface area contributed by atoms with Crippen LogP contribution in [-0.2, 0) is 0 Å². The molecule has 0 atom stereocenters. The molecule has 2 aliphatic carbocycles. The lowest BCUT2D eigenvalue weighted by Crippen LogP contribution is -2.23. The lowest BCUT2D eigenvalue weighted by atomic mass is 9.82. The molecule has 0 nitrogen and oxygen atoms in total. The van der Waals surface area contributed by atoms with Crippen molar-refractivity contribution >= 4 is 15.9 Å². The van der Waals surface area contributed by atoms with Gasteiger partial charge in [-0.3, -0.25) is 0 Å². The van der Waals surface area contributed by atoms with Crippen LogP contribution < -0.4 is 0 Å². The molecule has 0 saturated heterocycles. The zero-order valence-corrected chi connectivity index (χ0v) is 8.15. The lowest BCUT2D eigenvalue weighted by molar-refractivity contribution is 0.270. The first-order valence-corrected chi connectivity index (χ1v) is 5.45. The molecule has 58 valence electrons. The van der Waals surface area contributed by atoms with Crippen molar-refractivity contribution in [3.05, 3.63) is 0 Å². The molecule has 2 aliphatic rings. The Hall–Kier alpha value is 0.480. The average molecular weight is 203 g/mol. The van der Waals surface area contributed by atoms with Crippen LogP contribution in [0.25, 0.3) is 0 Å². The minimum atomic E-state index is 0.681. The molecular formula is C9H15Br. The molecule has 0 spiro atoms. The molecule has 1 heteroatoms. The van der Waals surface area contributed by atoms with Gasteiger partial charge in [-0.25, -0.2) is 0 Å². The fraction of sp³-hybridized carbons (Fsp3) is 1.00. The van der Waals surface area contributed by atoms with Crippen molar-refractivity contribution in [1.29, 1.82) is 0 Å². The van der Waals surface area contributed by atoms with Crippen LogP contribution in [-0.4, -0.2) is 5.33 Å². The van der Waals surface area contributed by atoms with Crippen molar-refractivity contribution in [2.45, 2.75) is 32.6 Å². The van der Waals surface area contributed by atoms with Gasteiger partial charge in [0.25, 0.3) is 0 Å². The quantitative estimate of drug-likeness (QED) is 0.618. The van der Waals surface area contributed by atoms with Gasteiger partial charge in [0.2, 0.25) is 0 Å². The van der Waals surface area contributed by atoms with Crippen molar-refractivity contribution in [2.75, 3.05) is 5.33 Å². The number of hydrogen-bond donors (Lipinski definition) is 0. The van der Waals surface area contributed by atoms with Crippen LogP contribution in [0.1, 0.15) is 32.6 Å². The zero-order chi connectivity index (χ0) is 7.19. The van der Waals surface area contributed by atoms with Gasteiger partial charge in [0.1, 0.15) is 0 Å². The van der Waals surface area contributed by atoms with Gasteiger partial charge in [-0.2, -0.15) is 0 Å². The predicted octanol–water partition coefficient (Wildman–Crippen LogP) is 3.21. The lowest BCUT2D eigenvalue weighted by Gasteiger charge is -2.26. The van der Waals surface area contributed by atoms with Crippen LogP contribution >= 0.6 is 15.9 Å². The van der Waals surface area contributed by atoms with Crippen molar-refractivity contribution < 1.29 is 0 Å². The maximum atomic E-state index is 3.65. The number of alkyl halides is 1. The minimum absolute atomic E-state index is 0.681. The maximum Gasteiger partial charge on any atom is 0.00906 e. The van der Waals surface area contributed by atoms with Crippen LogP contribution in [0.2, 0.25) is 0 Å². The van der Waals surface area contributed by atoms with E-state index in [9.17, 15) is 0 Å². The number of halogens is 1. The van der Waals surface area contributed by atoms with Gasteiger partial charge in [-0.05, 0) is 42.9 Å². The monoisotopic (exact) mass is 202 g/mol. The molecular weight excluding hydrogens is 188 g/mol. The zero-order valence-electron chi connectivity index (χ0n) is 6.57. The molecule has 2 fully saturated rings. The van der Waals surface area contributed by atoms with Crippen molar-refractivity contribution in [3.8, 4) is 0 Å². The van der Waals surface area contributed by atoms with Crippen molar-refractivity contribution in [1.82, 2.24) is 0 Å². The highest BCUT2D eigenvalue weighted by molar-refractivity contribution is 9.09. The third-order valence-electron chi connectivity index (χ3n) is 3.31. The molecule has 10 heavy (non-hydrogen) atoms. The third kappa shape index (κ3) is 1.03. The second-order valence-corrected chi connectivity index (χ2v) is 4.75. The van der Waals surface area contributed by atoms with Gasteiger partial charge in [-0.15, -0.1) is 0 Å². The Morgan fingerprint density at radius 1 is 1.20 bits per heavy atom. The normalized spacial score (nSPS) is 27.0. The largest absolute Gasteiger partial charge is 0.0922 e. The molecule has 2 saturated carbocycles. The van der Waals surface area contributed by atoms with Crippen LogP contribution in [0.5, 0.6) is 0 Å². The van der Waals surface area contributed by atoms with E-state index in [1.165, 1.54) is 31.0 Å². The first-order chi connectivity index (χ1) is 4.77. The summed E-state index contributed by atoms with van der Waals surface area (Å²) in [6.45, 7) is 2.47. The molecule has 0 N–H and O–H groups in total. The number of hydrogen-bond acceptors (Lipinski definition) is 0. The molecule has 0 heterocycles. The minimum Gasteiger partial charge on any atom is -0.0922 e. The smallest absolute Gasteiger partial charge is 0.00906 e. The highest BCUT2D eigenvalue weighted by Gasteiger charge is 2.49. The second kappa shape index (κ2) is 2.23. The van der Waals surface area contributed by atoms with E-state index in [1.54, 1.807) is 0 Å². The predicted molar refractivity (Wildman–Crippen MR) is 47.3 cm³/mol. The summed E-state index contributed by atoms with van der Waals surface area (Å²) in [6, 6.07) is 0. The van der Waals surface area contributed by atoms with E-state index in [1.807, 2.05) is 0 Å². The Kier molecular flexibility index (Phi) is 1.59. The topological polar surface area (TPSA) is 0 Å². The van der Waals surface area contributed by atoms with E-state index in [4.69, 9.17) is 0 Å². The fourth-order valence-electron chi connectivity index (χ4n) is 2.04. The van der Waals surface area contributed by atoms with E-state index >= 15 is 0 Å². The molecule has 0 aromatic heterocycles. The summed E-state index contributed by atoms with van der Waals surface area (Å²) in [5.74, 6) is 2.14. The van der Waals surface area contributed by atoms with E-state index in [0.717, 1.165) is 11.8 Å². The molecule has 2 rings (SSSR count). The van der Waals surface area contributed by atoms with Gasteiger partial charge in [0.05, 0.1) is 0 Å². The highest BCUT2D eigenvalue weighted by Crippen LogP contribution is 2.58. The first kappa shape index (κ1) is 7.15. The molecule has 0 bridgehead atoms. The highest BCUT2D eigenvalue weighted by atomic mass is 79.9. The molecule has 0 aromatic rings. The number of rotatable bonds is 3. The Labute approximate surface area is 71.5 Å². The summed E-state index contributed by atoms with van der Waals surface area (Å²) in [7, 11) is 0. The first-order valence-electron chi connectivity index (χ1n) is 4.33. The Morgan fingerprint density at radius 2 is 1.60 bits per heavy atom. The second-order valence-electron chi connectivity index (χ2n) is 4.19. The average Bonchev–Trinajstić information content (AvgIpc) is 2.73. The van der Waals surface area contributed by atoms with E-state index in [2.05, 4.69) is 22.9 Å². The van der Waals surface area contributed by atoms with Gasteiger partial charge in [0, 0.05) is 5.33 Å². The molecule has 0 amide bonds. The summed E-state index contributed by atoms with van der Waals surface area (Å²) >= 11 is 3.65. The summed E-state index contributed by atoms with van der Waals surface area (Å²) in [4.78, 5) is 0. The van der Waals surface area contributed by atoms with Crippen LogP contribution in [0.4, 0.5) is 0 Å². The van der Waals surface area contributed by atoms with E-state index in [0.29, 0.717) is 5.41 Å². The van der Waals surface area contributed by atoms with Crippen LogP contribution in [0, 0.1) is 17.3 Å². The van der Waals surface area contributed by atoms with E-state index < -0.39 is 0 Å². The standard InChI is InChI=1S/C9H15Br/c1-9(6-10,7-2-3-7)8-4-5-8/h7-8H,2-6H2,1H3.